The molecule has 3 rings (SSSR count). The highest BCUT2D eigenvalue weighted by Crippen LogP contribution is 2.20. The molecule has 3 N–H and O–H groups in total. The molecule has 0 atom stereocenters. The normalized spacial score (nSPS) is 11.1. The van der Waals surface area contributed by atoms with Crippen LogP contribution in [0.1, 0.15) is 5.69 Å². The number of hydrogen-bond donors (Lipinski definition) is 2. The van der Waals surface area contributed by atoms with Gasteiger partial charge in [0.05, 0.1) is 17.6 Å². The third kappa shape index (κ3) is 2.17. The maximum atomic E-state index is 5.54. The highest BCUT2D eigenvalue weighted by atomic mass is 15.3. The first kappa shape index (κ1) is 11.7. The van der Waals surface area contributed by atoms with Crippen LogP contribution in [0.4, 0.5) is 11.5 Å². The smallest absolute Gasteiger partial charge is 0.153 e. The number of imidazole rings is 1. The lowest BCUT2D eigenvalue weighted by molar-refractivity contribution is 0.902. The van der Waals surface area contributed by atoms with Crippen LogP contribution in [0.5, 0.6) is 0 Å². The molecule has 3 aromatic heterocycles. The van der Waals surface area contributed by atoms with E-state index >= 15 is 0 Å². The Labute approximate surface area is 110 Å². The van der Waals surface area contributed by atoms with E-state index in [2.05, 4.69) is 15.1 Å². The molecule has 0 aliphatic rings. The van der Waals surface area contributed by atoms with Crippen LogP contribution in [0.15, 0.2) is 36.8 Å². The summed E-state index contributed by atoms with van der Waals surface area (Å²) in [5.74, 6) is 0.865. The molecule has 0 radical (unpaired) electrons. The minimum Gasteiger partial charge on any atom is -0.366 e. The Morgan fingerprint density at radius 2 is 2.26 bits per heavy atom. The molecule has 0 saturated heterocycles. The van der Waals surface area contributed by atoms with Gasteiger partial charge >= 0.3 is 0 Å². The molecule has 6 nitrogen and oxygen atoms in total. The number of aromatic amines is 1. The largest absolute Gasteiger partial charge is 0.366 e. The molecule has 19 heavy (non-hydrogen) atoms. The molecule has 0 unspecified atom stereocenters. The van der Waals surface area contributed by atoms with Gasteiger partial charge in [0, 0.05) is 25.9 Å². The van der Waals surface area contributed by atoms with Crippen molar-refractivity contribution < 1.29 is 0 Å². The lowest BCUT2D eigenvalue weighted by Crippen LogP contribution is -2.11. The third-order valence-electron chi connectivity index (χ3n) is 3.07. The molecular weight excluding hydrogens is 240 g/mol. The predicted octanol–water partition coefficient (Wildman–Crippen LogP) is 1.33. The fraction of sp³-hybridized carbons (Fsp3) is 0.231. The lowest BCUT2D eigenvalue weighted by atomic mass is 10.3. The number of nitrogens with one attached hydrogen (secondary N) is 1. The van der Waals surface area contributed by atoms with Crippen molar-refractivity contribution in [3.8, 4) is 0 Å². The molecule has 98 valence electrons. The Bertz CT molecular complexity index is 670. The first-order valence-electron chi connectivity index (χ1n) is 6.20. The predicted molar refractivity (Wildman–Crippen MR) is 74.6 cm³/mol. The quantitative estimate of drug-likeness (QED) is 0.738. The van der Waals surface area contributed by atoms with E-state index in [4.69, 9.17) is 5.73 Å². The molecule has 0 spiro atoms. The fourth-order valence-electron chi connectivity index (χ4n) is 2.02. The van der Waals surface area contributed by atoms with Crippen molar-refractivity contribution in [2.24, 2.45) is 5.73 Å². The maximum Gasteiger partial charge on any atom is 0.153 e. The fourth-order valence-corrected chi connectivity index (χ4v) is 2.02. The molecule has 0 amide bonds. The van der Waals surface area contributed by atoms with E-state index in [9.17, 15) is 0 Å². The Kier molecular flexibility index (Phi) is 2.92. The highest BCUT2D eigenvalue weighted by molar-refractivity contribution is 5.59. The van der Waals surface area contributed by atoms with Gasteiger partial charge in [0.25, 0.3) is 0 Å². The zero-order chi connectivity index (χ0) is 13.2. The first-order valence-corrected chi connectivity index (χ1v) is 6.20. The van der Waals surface area contributed by atoms with E-state index in [1.54, 1.807) is 4.52 Å². The van der Waals surface area contributed by atoms with Crippen LogP contribution in [0.25, 0.3) is 5.65 Å². The number of nitrogens with two attached hydrogens (primary N) is 1. The van der Waals surface area contributed by atoms with Gasteiger partial charge in [-0.2, -0.15) is 0 Å². The van der Waals surface area contributed by atoms with Crippen molar-refractivity contribution in [3.05, 3.63) is 42.5 Å². The third-order valence-corrected chi connectivity index (χ3v) is 3.07. The van der Waals surface area contributed by atoms with Gasteiger partial charge in [0.1, 0.15) is 0 Å². The number of anilines is 2. The van der Waals surface area contributed by atoms with Gasteiger partial charge in [0.2, 0.25) is 0 Å². The first-order chi connectivity index (χ1) is 9.28. The van der Waals surface area contributed by atoms with Crippen molar-refractivity contribution in [2.75, 3.05) is 18.5 Å². The summed E-state index contributed by atoms with van der Waals surface area (Å²) in [5.41, 5.74) is 8.42. The molecule has 3 aromatic rings. The molecule has 0 aliphatic heterocycles. The molecule has 0 saturated carbocycles. The average molecular weight is 256 g/mol. The van der Waals surface area contributed by atoms with Gasteiger partial charge in [-0.3, -0.25) is 0 Å². The molecule has 3 heterocycles. The second-order valence-corrected chi connectivity index (χ2v) is 4.39. The number of nitrogens with zero attached hydrogens (tertiary/aromatic N) is 4. The number of hydrogen-bond acceptors (Lipinski definition) is 4. The minimum atomic E-state index is 0.597. The van der Waals surface area contributed by atoms with Gasteiger partial charge < -0.3 is 15.6 Å². The standard InChI is InChI=1S/C13H16N6/c1-18(11-5-7-15-8-11)13-3-2-12-16-10(4-6-14)9-19(12)17-13/h2-3,5,7-9,15H,4,6,14H2,1H3. The molecule has 0 aliphatic carbocycles. The Balaban J connectivity index is 1.96. The summed E-state index contributed by atoms with van der Waals surface area (Å²) in [6, 6.07) is 5.92. The van der Waals surface area contributed by atoms with Crippen molar-refractivity contribution in [2.45, 2.75) is 6.42 Å². The summed E-state index contributed by atoms with van der Waals surface area (Å²) < 4.78 is 1.80. The monoisotopic (exact) mass is 256 g/mol. The summed E-state index contributed by atoms with van der Waals surface area (Å²) >= 11 is 0. The van der Waals surface area contributed by atoms with E-state index in [0.29, 0.717) is 6.54 Å². The molecular formula is C13H16N6. The van der Waals surface area contributed by atoms with Crippen LogP contribution in [-0.2, 0) is 6.42 Å². The molecule has 0 bridgehead atoms. The van der Waals surface area contributed by atoms with Gasteiger partial charge in [0.15, 0.2) is 11.5 Å². The number of aromatic nitrogens is 4. The second-order valence-electron chi connectivity index (χ2n) is 4.39. The van der Waals surface area contributed by atoms with Gasteiger partial charge in [-0.15, -0.1) is 5.10 Å². The van der Waals surface area contributed by atoms with Gasteiger partial charge in [-0.1, -0.05) is 0 Å². The topological polar surface area (TPSA) is 75.2 Å². The molecule has 0 aromatic carbocycles. The van der Waals surface area contributed by atoms with Crippen molar-refractivity contribution in [1.29, 1.82) is 0 Å². The van der Waals surface area contributed by atoms with Crippen LogP contribution in [0.2, 0.25) is 0 Å². The van der Waals surface area contributed by atoms with Crippen molar-refractivity contribution in [3.63, 3.8) is 0 Å². The van der Waals surface area contributed by atoms with Gasteiger partial charge in [-0.25, -0.2) is 9.50 Å². The van der Waals surface area contributed by atoms with E-state index in [1.807, 2.05) is 48.7 Å². The minimum absolute atomic E-state index is 0.597. The zero-order valence-corrected chi connectivity index (χ0v) is 10.7. The van der Waals surface area contributed by atoms with E-state index < -0.39 is 0 Å². The van der Waals surface area contributed by atoms with Crippen LogP contribution in [-0.4, -0.2) is 33.2 Å². The number of fused-ring (bicyclic) bond motifs is 1. The zero-order valence-electron chi connectivity index (χ0n) is 10.7. The summed E-state index contributed by atoms with van der Waals surface area (Å²) in [5, 5.41) is 4.56. The van der Waals surface area contributed by atoms with Crippen LogP contribution in [0, 0.1) is 0 Å². The van der Waals surface area contributed by atoms with Crippen molar-refractivity contribution >= 4 is 17.2 Å². The van der Waals surface area contributed by atoms with Crippen LogP contribution in [0.3, 0.4) is 0 Å². The van der Waals surface area contributed by atoms with Crippen LogP contribution >= 0.6 is 0 Å². The maximum absolute atomic E-state index is 5.54. The Morgan fingerprint density at radius 3 is 3.00 bits per heavy atom. The SMILES string of the molecule is CN(c1cc[nH]c1)c1ccc2nc(CCN)cn2n1. The average Bonchev–Trinajstić information content (AvgIpc) is 3.06. The van der Waals surface area contributed by atoms with Crippen LogP contribution < -0.4 is 10.6 Å². The molecule has 6 heteroatoms. The summed E-state index contributed by atoms with van der Waals surface area (Å²) in [7, 11) is 1.98. The van der Waals surface area contributed by atoms with E-state index in [-0.39, 0.29) is 0 Å². The van der Waals surface area contributed by atoms with Crippen molar-refractivity contribution in [1.82, 2.24) is 19.6 Å². The van der Waals surface area contributed by atoms with E-state index in [1.165, 1.54) is 0 Å². The second kappa shape index (κ2) is 4.74. The van der Waals surface area contributed by atoms with E-state index in [0.717, 1.165) is 29.3 Å². The highest BCUT2D eigenvalue weighted by Gasteiger charge is 2.08. The summed E-state index contributed by atoms with van der Waals surface area (Å²) in [4.78, 5) is 9.51. The Morgan fingerprint density at radius 1 is 1.37 bits per heavy atom. The number of rotatable bonds is 4. The molecule has 0 fully saturated rings. The summed E-state index contributed by atoms with van der Waals surface area (Å²) in [6.45, 7) is 0.597. The summed E-state index contributed by atoms with van der Waals surface area (Å²) in [6.07, 6.45) is 6.52. The Hall–Kier alpha value is -2.34. The van der Waals surface area contributed by atoms with Gasteiger partial charge in [-0.05, 0) is 24.7 Å². The lowest BCUT2D eigenvalue weighted by Gasteiger charge is -2.15. The number of H-pyrrole nitrogens is 1.